The van der Waals surface area contributed by atoms with Crippen LogP contribution < -0.4 is 25.0 Å². The van der Waals surface area contributed by atoms with Crippen molar-refractivity contribution >= 4 is 40.1 Å². The minimum atomic E-state index is 0.266. The number of benzene rings is 3. The number of ether oxygens (including phenoxy) is 2. The summed E-state index contributed by atoms with van der Waals surface area (Å²) in [5.74, 6) is 1.57. The molecule has 6 rings (SSSR count). The first-order valence-electron chi connectivity index (χ1n) is 10.9. The summed E-state index contributed by atoms with van der Waals surface area (Å²) in [6.07, 6.45) is 0.652. The Labute approximate surface area is 191 Å². The normalized spacial score (nSPS) is 16.5. The quantitative estimate of drug-likeness (QED) is 0.599. The number of hydrogen-bond acceptors (Lipinski definition) is 6. The maximum atomic E-state index is 6.82. The van der Waals surface area contributed by atoms with Crippen molar-refractivity contribution < 1.29 is 9.47 Å². The molecule has 1 saturated heterocycles. The van der Waals surface area contributed by atoms with Crippen LogP contribution in [0.1, 0.15) is 11.1 Å². The van der Waals surface area contributed by atoms with Gasteiger partial charge in [-0.05, 0) is 42.0 Å². The Kier molecular flexibility index (Phi) is 4.89. The van der Waals surface area contributed by atoms with E-state index in [-0.39, 0.29) is 6.79 Å². The van der Waals surface area contributed by atoms with Crippen molar-refractivity contribution in [1.82, 2.24) is 5.32 Å². The first kappa shape index (κ1) is 19.5. The van der Waals surface area contributed by atoms with Gasteiger partial charge in [-0.3, -0.25) is 4.99 Å². The summed E-state index contributed by atoms with van der Waals surface area (Å²) in [4.78, 5) is 7.51. The van der Waals surface area contributed by atoms with Gasteiger partial charge in [0.15, 0.2) is 11.5 Å². The predicted molar refractivity (Wildman–Crippen MR) is 129 cm³/mol. The molecule has 3 aromatic carbocycles. The van der Waals surface area contributed by atoms with Gasteiger partial charge in [-0.25, -0.2) is 0 Å². The lowest BCUT2D eigenvalue weighted by molar-refractivity contribution is 0.174. The molecule has 0 amide bonds. The Morgan fingerprint density at radius 3 is 2.69 bits per heavy atom. The molecule has 162 valence electrons. The molecule has 0 bridgehead atoms. The Balaban J connectivity index is 1.51. The van der Waals surface area contributed by atoms with Gasteiger partial charge >= 0.3 is 0 Å². The number of nitrogens with one attached hydrogen (secondary N) is 2. The Bertz CT molecular complexity index is 1220. The van der Waals surface area contributed by atoms with Gasteiger partial charge in [-0.1, -0.05) is 29.8 Å². The zero-order valence-electron chi connectivity index (χ0n) is 17.5. The van der Waals surface area contributed by atoms with E-state index < -0.39 is 0 Å². The van der Waals surface area contributed by atoms with Crippen LogP contribution in [0.5, 0.6) is 11.5 Å². The fourth-order valence-electron chi connectivity index (χ4n) is 4.56. The van der Waals surface area contributed by atoms with Crippen LogP contribution in [0.15, 0.2) is 59.6 Å². The van der Waals surface area contributed by atoms with Gasteiger partial charge < -0.3 is 25.0 Å². The summed E-state index contributed by atoms with van der Waals surface area (Å²) in [5, 5.41) is 7.78. The van der Waals surface area contributed by atoms with E-state index in [1.807, 2.05) is 36.4 Å². The Hall–Kier alpha value is -3.22. The first-order valence-corrected chi connectivity index (χ1v) is 11.2. The van der Waals surface area contributed by atoms with Crippen LogP contribution in [0.4, 0.5) is 22.7 Å². The van der Waals surface area contributed by atoms with E-state index >= 15 is 0 Å². The Morgan fingerprint density at radius 2 is 1.78 bits per heavy atom. The fourth-order valence-corrected chi connectivity index (χ4v) is 4.83. The molecule has 0 atom stereocenters. The van der Waals surface area contributed by atoms with Crippen LogP contribution in [-0.2, 0) is 6.42 Å². The van der Waals surface area contributed by atoms with Crippen molar-refractivity contribution in [3.05, 3.63) is 70.7 Å². The van der Waals surface area contributed by atoms with Crippen molar-refractivity contribution in [1.29, 1.82) is 0 Å². The van der Waals surface area contributed by atoms with Gasteiger partial charge in [0.05, 0.1) is 27.8 Å². The molecule has 0 radical (unpaired) electrons. The number of anilines is 3. The third kappa shape index (κ3) is 3.45. The zero-order valence-corrected chi connectivity index (χ0v) is 18.3. The third-order valence-electron chi connectivity index (χ3n) is 6.09. The molecule has 3 heterocycles. The number of rotatable bonds is 3. The Morgan fingerprint density at radius 1 is 0.938 bits per heavy atom. The predicted octanol–water partition coefficient (Wildman–Crippen LogP) is 4.90. The van der Waals surface area contributed by atoms with E-state index in [4.69, 9.17) is 26.1 Å². The highest BCUT2D eigenvalue weighted by Gasteiger charge is 2.26. The second-order valence-electron chi connectivity index (χ2n) is 8.12. The first-order chi connectivity index (χ1) is 15.8. The number of hydrogen-bond donors (Lipinski definition) is 2. The molecule has 3 aromatic rings. The second kappa shape index (κ2) is 8.04. The topological polar surface area (TPSA) is 58.1 Å². The van der Waals surface area contributed by atoms with Gasteiger partial charge in [0.25, 0.3) is 0 Å². The minimum Gasteiger partial charge on any atom is -0.454 e. The summed E-state index contributed by atoms with van der Waals surface area (Å²) in [6.45, 7) is 3.94. The molecular formula is C25H23ClN4O2. The van der Waals surface area contributed by atoms with Crippen LogP contribution in [0.3, 0.4) is 0 Å². The van der Waals surface area contributed by atoms with E-state index in [0.717, 1.165) is 82.3 Å². The number of halogens is 1. The maximum absolute atomic E-state index is 6.82. The van der Waals surface area contributed by atoms with E-state index in [9.17, 15) is 0 Å². The monoisotopic (exact) mass is 446 g/mol. The van der Waals surface area contributed by atoms with Gasteiger partial charge in [-0.15, -0.1) is 0 Å². The number of aliphatic imine (C=N–C) groups is 1. The van der Waals surface area contributed by atoms with E-state index in [2.05, 4.69) is 33.7 Å². The lowest BCUT2D eigenvalue weighted by Gasteiger charge is -2.33. The molecule has 0 unspecified atom stereocenters. The highest BCUT2D eigenvalue weighted by atomic mass is 35.5. The molecule has 7 heteroatoms. The van der Waals surface area contributed by atoms with E-state index in [1.165, 1.54) is 0 Å². The van der Waals surface area contributed by atoms with E-state index in [1.54, 1.807) is 0 Å². The molecule has 2 N–H and O–H groups in total. The van der Waals surface area contributed by atoms with E-state index in [0.29, 0.717) is 6.42 Å². The summed E-state index contributed by atoms with van der Waals surface area (Å²) < 4.78 is 11.1. The average Bonchev–Trinajstić information content (AvgIpc) is 3.23. The van der Waals surface area contributed by atoms with Crippen LogP contribution in [-0.4, -0.2) is 38.7 Å². The van der Waals surface area contributed by atoms with Crippen molar-refractivity contribution in [2.24, 2.45) is 4.99 Å². The van der Waals surface area contributed by atoms with Gasteiger partial charge in [-0.2, -0.15) is 0 Å². The highest BCUT2D eigenvalue weighted by Crippen LogP contribution is 2.42. The van der Waals surface area contributed by atoms with Crippen LogP contribution in [0.2, 0.25) is 5.02 Å². The molecule has 0 spiro atoms. The maximum Gasteiger partial charge on any atom is 0.231 e. The SMILES string of the molecule is Clc1ccc2c(c1N1CCNCC1)C(Cc1ccc3c(c1)OCO3)=Nc1ccccc1N2. The number of piperazine rings is 1. The molecule has 0 aliphatic carbocycles. The molecule has 6 nitrogen and oxygen atoms in total. The largest absolute Gasteiger partial charge is 0.454 e. The third-order valence-corrected chi connectivity index (χ3v) is 6.39. The standard InChI is InChI=1S/C25H23ClN4O2/c26-17-6-7-20-24(25(17)30-11-9-27-10-12-30)21(29-19-4-2-1-3-18(19)28-20)13-16-5-8-22-23(14-16)32-15-31-22/h1-8,14,27-28H,9-13,15H2. The van der Waals surface area contributed by atoms with Crippen LogP contribution >= 0.6 is 11.6 Å². The van der Waals surface area contributed by atoms with Crippen LogP contribution in [0.25, 0.3) is 0 Å². The summed E-state index contributed by atoms with van der Waals surface area (Å²) in [6, 6.07) is 18.3. The number of nitrogens with zero attached hydrogens (tertiary/aromatic N) is 2. The van der Waals surface area contributed by atoms with Gasteiger partial charge in [0, 0.05) is 43.9 Å². The van der Waals surface area contributed by atoms with Crippen molar-refractivity contribution in [2.75, 3.05) is 43.2 Å². The number of para-hydroxylation sites is 2. The lowest BCUT2D eigenvalue weighted by Crippen LogP contribution is -2.44. The molecule has 0 saturated carbocycles. The summed E-state index contributed by atoms with van der Waals surface area (Å²) in [5.41, 5.74) is 7.13. The molecule has 32 heavy (non-hydrogen) atoms. The van der Waals surface area contributed by atoms with Crippen molar-refractivity contribution in [3.63, 3.8) is 0 Å². The average molecular weight is 447 g/mol. The summed E-state index contributed by atoms with van der Waals surface area (Å²) >= 11 is 6.82. The minimum absolute atomic E-state index is 0.266. The molecule has 3 aliphatic rings. The number of fused-ring (bicyclic) bond motifs is 3. The molecular weight excluding hydrogens is 424 g/mol. The summed E-state index contributed by atoms with van der Waals surface area (Å²) in [7, 11) is 0. The molecule has 1 fully saturated rings. The molecule has 0 aromatic heterocycles. The highest BCUT2D eigenvalue weighted by molar-refractivity contribution is 6.35. The lowest BCUT2D eigenvalue weighted by atomic mass is 9.97. The zero-order chi connectivity index (χ0) is 21.5. The van der Waals surface area contributed by atoms with Crippen molar-refractivity contribution in [2.45, 2.75) is 6.42 Å². The van der Waals surface area contributed by atoms with Gasteiger partial charge in [0.1, 0.15) is 0 Å². The second-order valence-corrected chi connectivity index (χ2v) is 8.53. The van der Waals surface area contributed by atoms with Crippen LogP contribution in [0, 0.1) is 0 Å². The van der Waals surface area contributed by atoms with Crippen molar-refractivity contribution in [3.8, 4) is 11.5 Å². The molecule has 3 aliphatic heterocycles. The van der Waals surface area contributed by atoms with Gasteiger partial charge in [0.2, 0.25) is 6.79 Å². The fraction of sp³-hybridized carbons (Fsp3) is 0.240. The smallest absolute Gasteiger partial charge is 0.231 e.